The lowest BCUT2D eigenvalue weighted by atomic mass is 9.88. The topological polar surface area (TPSA) is 96.7 Å². The number of hydrogen-bond acceptors (Lipinski definition) is 5. The quantitative estimate of drug-likeness (QED) is 0.720. The molecule has 2 amide bonds. The Labute approximate surface area is 153 Å². The number of carbonyl (C=O) groups is 2. The molecular formula is C18H28N4O4. The van der Waals surface area contributed by atoms with Gasteiger partial charge in [0.1, 0.15) is 5.69 Å². The summed E-state index contributed by atoms with van der Waals surface area (Å²) in [5, 5.41) is 17.6. The molecule has 1 aromatic rings. The van der Waals surface area contributed by atoms with Crippen molar-refractivity contribution in [2.45, 2.75) is 51.9 Å². The van der Waals surface area contributed by atoms with Crippen molar-refractivity contribution in [2.75, 3.05) is 13.1 Å². The van der Waals surface area contributed by atoms with E-state index in [1.165, 1.54) is 21.4 Å². The Kier molecular flexibility index (Phi) is 5.75. The van der Waals surface area contributed by atoms with Gasteiger partial charge in [0.05, 0.1) is 0 Å². The van der Waals surface area contributed by atoms with Gasteiger partial charge in [-0.2, -0.15) is 5.10 Å². The van der Waals surface area contributed by atoms with E-state index >= 15 is 0 Å². The van der Waals surface area contributed by atoms with E-state index in [4.69, 9.17) is 4.74 Å². The van der Waals surface area contributed by atoms with Crippen LogP contribution in [0, 0.1) is 0 Å². The predicted molar refractivity (Wildman–Crippen MR) is 96.4 cm³/mol. The number of allylic oxidation sites excluding steroid dienone is 2. The van der Waals surface area contributed by atoms with E-state index in [1.807, 2.05) is 19.9 Å². The van der Waals surface area contributed by atoms with Crippen molar-refractivity contribution in [3.05, 3.63) is 29.6 Å². The lowest BCUT2D eigenvalue weighted by Gasteiger charge is -2.37. The molecular weight excluding hydrogens is 336 g/mol. The molecule has 2 rings (SSSR count). The van der Waals surface area contributed by atoms with Gasteiger partial charge in [-0.1, -0.05) is 11.6 Å². The smallest absolute Gasteiger partial charge is 0.412 e. The summed E-state index contributed by atoms with van der Waals surface area (Å²) in [6.45, 7) is 7.64. The minimum absolute atomic E-state index is 0.146. The molecule has 1 fully saturated rings. The van der Waals surface area contributed by atoms with Gasteiger partial charge in [-0.05, 0) is 46.6 Å². The molecule has 1 aromatic heterocycles. The second-order valence-corrected chi connectivity index (χ2v) is 7.19. The summed E-state index contributed by atoms with van der Waals surface area (Å²) >= 11 is 0. The molecule has 8 nitrogen and oxygen atoms in total. The Morgan fingerprint density at radius 2 is 2.12 bits per heavy atom. The summed E-state index contributed by atoms with van der Waals surface area (Å²) in [5.74, 6) is -0.288. The molecule has 2 unspecified atom stereocenters. The van der Waals surface area contributed by atoms with Crippen LogP contribution in [0.25, 0.3) is 0 Å². The molecule has 0 bridgehead atoms. The highest BCUT2D eigenvalue weighted by Gasteiger charge is 2.58. The Balaban J connectivity index is 1.96. The molecule has 0 saturated carbocycles. The van der Waals surface area contributed by atoms with Gasteiger partial charge in [0.25, 0.3) is 5.91 Å². The first-order valence-electron chi connectivity index (χ1n) is 8.71. The Morgan fingerprint density at radius 3 is 2.69 bits per heavy atom. The summed E-state index contributed by atoms with van der Waals surface area (Å²) in [7, 11) is 1.68. The third-order valence-electron chi connectivity index (χ3n) is 4.91. The Bertz CT molecular complexity index is 706. The molecule has 0 aliphatic carbocycles. The van der Waals surface area contributed by atoms with Crippen molar-refractivity contribution in [3.63, 3.8) is 0 Å². The average Bonchev–Trinajstić information content (AvgIpc) is 3.02. The number of carbonyl (C=O) groups excluding carboxylic acids is 2. The maximum atomic E-state index is 12.3. The first-order chi connectivity index (χ1) is 12.1. The van der Waals surface area contributed by atoms with Crippen LogP contribution in [0.5, 0.6) is 0 Å². The predicted octanol–water partition coefficient (Wildman–Crippen LogP) is 1.82. The van der Waals surface area contributed by atoms with Crippen LogP contribution in [0.15, 0.2) is 23.9 Å². The number of cyclic esters (lactones) is 1. The molecule has 26 heavy (non-hydrogen) atoms. The van der Waals surface area contributed by atoms with Crippen LogP contribution in [-0.4, -0.2) is 56.2 Å². The van der Waals surface area contributed by atoms with Gasteiger partial charge in [-0.25, -0.2) is 4.79 Å². The summed E-state index contributed by atoms with van der Waals surface area (Å²) in [6.07, 6.45) is 4.22. The van der Waals surface area contributed by atoms with Gasteiger partial charge in [0, 0.05) is 26.3 Å². The summed E-state index contributed by atoms with van der Waals surface area (Å²) in [5.41, 5.74) is -0.876. The maximum absolute atomic E-state index is 12.3. The largest absolute Gasteiger partial charge is 0.438 e. The summed E-state index contributed by atoms with van der Waals surface area (Å²) < 4.78 is 6.96. The molecule has 8 heteroatoms. The number of ether oxygens (including phenoxy) is 1. The number of amides is 2. The van der Waals surface area contributed by atoms with Crippen molar-refractivity contribution < 1.29 is 19.4 Å². The van der Waals surface area contributed by atoms with E-state index in [2.05, 4.69) is 10.4 Å². The van der Waals surface area contributed by atoms with E-state index in [0.717, 1.165) is 0 Å². The summed E-state index contributed by atoms with van der Waals surface area (Å²) in [6, 6.07) is 1.61. The molecule has 0 spiro atoms. The highest BCUT2D eigenvalue weighted by atomic mass is 16.6. The van der Waals surface area contributed by atoms with Crippen molar-refractivity contribution in [1.82, 2.24) is 20.0 Å². The van der Waals surface area contributed by atoms with E-state index in [9.17, 15) is 14.7 Å². The zero-order valence-corrected chi connectivity index (χ0v) is 16.1. The standard InChI is InChI=1S/C18H28N4O4/c1-13(2)7-6-9-17(3)18(4,25)22(16(24)26-17)12-11-19-15(23)14-8-10-20-21(14)5/h7-8,10,25H,6,9,11-12H2,1-5H3,(H,19,23). The molecule has 2 heterocycles. The second kappa shape index (κ2) is 7.49. The monoisotopic (exact) mass is 364 g/mol. The fourth-order valence-corrected chi connectivity index (χ4v) is 3.01. The SMILES string of the molecule is CC(C)=CCCC1(C)OC(=O)N(CCNC(=O)c2ccnn2C)C1(C)O. The second-order valence-electron chi connectivity index (χ2n) is 7.19. The van der Waals surface area contributed by atoms with Crippen LogP contribution in [0.4, 0.5) is 4.79 Å². The normalized spacial score (nSPS) is 25.2. The minimum atomic E-state index is -1.46. The van der Waals surface area contributed by atoms with E-state index in [0.29, 0.717) is 18.5 Å². The van der Waals surface area contributed by atoms with Gasteiger partial charge >= 0.3 is 6.09 Å². The fraction of sp³-hybridized carbons (Fsp3) is 0.611. The van der Waals surface area contributed by atoms with Crippen molar-refractivity contribution in [3.8, 4) is 0 Å². The first-order valence-corrected chi connectivity index (χ1v) is 8.71. The van der Waals surface area contributed by atoms with Gasteiger partial charge < -0.3 is 15.2 Å². The van der Waals surface area contributed by atoms with Crippen LogP contribution in [0.3, 0.4) is 0 Å². The number of nitrogens with one attached hydrogen (secondary N) is 1. The molecule has 2 N–H and O–H groups in total. The van der Waals surface area contributed by atoms with Crippen molar-refractivity contribution in [2.24, 2.45) is 7.05 Å². The Hall–Kier alpha value is -2.35. The third-order valence-corrected chi connectivity index (χ3v) is 4.91. The number of nitrogens with zero attached hydrogens (tertiary/aromatic N) is 3. The number of hydrogen-bond donors (Lipinski definition) is 2. The average molecular weight is 364 g/mol. The highest BCUT2D eigenvalue weighted by Crippen LogP contribution is 2.40. The van der Waals surface area contributed by atoms with Gasteiger partial charge in [-0.15, -0.1) is 0 Å². The number of aromatic nitrogens is 2. The number of aliphatic hydroxyl groups is 1. The van der Waals surface area contributed by atoms with Gasteiger partial charge in [-0.3, -0.25) is 14.4 Å². The van der Waals surface area contributed by atoms with E-state index in [1.54, 1.807) is 27.0 Å². The molecule has 2 atom stereocenters. The van der Waals surface area contributed by atoms with E-state index in [-0.39, 0.29) is 19.0 Å². The number of rotatable bonds is 7. The Morgan fingerprint density at radius 1 is 1.42 bits per heavy atom. The van der Waals surface area contributed by atoms with Crippen LogP contribution >= 0.6 is 0 Å². The molecule has 144 valence electrons. The summed E-state index contributed by atoms with van der Waals surface area (Å²) in [4.78, 5) is 25.6. The minimum Gasteiger partial charge on any atom is -0.438 e. The zero-order valence-electron chi connectivity index (χ0n) is 16.1. The van der Waals surface area contributed by atoms with Gasteiger partial charge in [0.2, 0.25) is 0 Å². The molecule has 0 radical (unpaired) electrons. The lowest BCUT2D eigenvalue weighted by molar-refractivity contribution is -0.138. The molecule has 0 aromatic carbocycles. The first kappa shape index (κ1) is 20.0. The maximum Gasteiger partial charge on any atom is 0.412 e. The lowest BCUT2D eigenvalue weighted by Crippen LogP contribution is -2.56. The third kappa shape index (κ3) is 3.90. The molecule has 1 aliphatic rings. The van der Waals surface area contributed by atoms with Crippen molar-refractivity contribution >= 4 is 12.0 Å². The molecule has 1 saturated heterocycles. The fourth-order valence-electron chi connectivity index (χ4n) is 3.01. The van der Waals surface area contributed by atoms with Crippen molar-refractivity contribution in [1.29, 1.82) is 0 Å². The highest BCUT2D eigenvalue weighted by molar-refractivity contribution is 5.92. The van der Waals surface area contributed by atoms with Gasteiger partial charge in [0.15, 0.2) is 11.3 Å². The zero-order chi connectivity index (χ0) is 19.5. The van der Waals surface area contributed by atoms with Crippen LogP contribution < -0.4 is 5.32 Å². The van der Waals surface area contributed by atoms with Crippen LogP contribution in [0.1, 0.15) is 51.0 Å². The number of aryl methyl sites for hydroxylation is 1. The molecule has 1 aliphatic heterocycles. The van der Waals surface area contributed by atoms with Crippen LogP contribution in [0.2, 0.25) is 0 Å². The van der Waals surface area contributed by atoms with Crippen LogP contribution in [-0.2, 0) is 11.8 Å². The van der Waals surface area contributed by atoms with E-state index < -0.39 is 17.4 Å².